The predicted octanol–water partition coefficient (Wildman–Crippen LogP) is 3.31. The summed E-state index contributed by atoms with van der Waals surface area (Å²) in [5, 5.41) is 6.76. The Morgan fingerprint density at radius 1 is 1.07 bits per heavy atom. The lowest BCUT2D eigenvalue weighted by molar-refractivity contribution is -0.113. The minimum Gasteiger partial charge on any atom is -0.345 e. The smallest absolute Gasteiger partial charge is 0.253 e. The molecule has 0 bridgehead atoms. The van der Waals surface area contributed by atoms with Gasteiger partial charge in [0.25, 0.3) is 5.91 Å². The molecule has 2 aromatic carbocycles. The van der Waals surface area contributed by atoms with Crippen molar-refractivity contribution >= 4 is 29.3 Å². The largest absolute Gasteiger partial charge is 0.345 e. The number of benzene rings is 2. The highest BCUT2D eigenvalue weighted by atomic mass is 32.2. The molecule has 0 radical (unpaired) electrons. The molecule has 28 heavy (non-hydrogen) atoms. The summed E-state index contributed by atoms with van der Waals surface area (Å²) < 4.78 is 5.22. The number of rotatable bonds is 7. The summed E-state index contributed by atoms with van der Waals surface area (Å²) >= 11 is 1.39. The number of thioether (sulfide) groups is 1. The van der Waals surface area contributed by atoms with Crippen LogP contribution in [-0.2, 0) is 10.5 Å². The van der Waals surface area contributed by atoms with Gasteiger partial charge in [-0.2, -0.15) is 4.98 Å². The predicted molar refractivity (Wildman–Crippen MR) is 109 cm³/mol. The summed E-state index contributed by atoms with van der Waals surface area (Å²) in [6, 6.07) is 16.4. The van der Waals surface area contributed by atoms with Crippen LogP contribution in [0.3, 0.4) is 0 Å². The molecule has 0 spiro atoms. The van der Waals surface area contributed by atoms with E-state index in [0.29, 0.717) is 28.7 Å². The minimum atomic E-state index is -0.139. The molecule has 3 aromatic rings. The number of amides is 2. The van der Waals surface area contributed by atoms with Crippen LogP contribution in [0, 0.1) is 0 Å². The number of hydrogen-bond donors (Lipinski definition) is 1. The van der Waals surface area contributed by atoms with Crippen molar-refractivity contribution in [1.82, 2.24) is 15.0 Å². The molecule has 7 nitrogen and oxygen atoms in total. The standard InChI is InChI=1S/C20H20N4O3S/c1-24(2)20(26)15-8-10-16(11-9-15)21-17(25)12-28-13-18-22-19(23-27-18)14-6-4-3-5-7-14/h3-11H,12-13H2,1-2H3,(H,21,25). The van der Waals surface area contributed by atoms with Crippen molar-refractivity contribution < 1.29 is 14.1 Å². The van der Waals surface area contributed by atoms with E-state index in [2.05, 4.69) is 15.5 Å². The van der Waals surface area contributed by atoms with E-state index in [1.807, 2.05) is 30.3 Å². The van der Waals surface area contributed by atoms with E-state index in [0.717, 1.165) is 5.56 Å². The summed E-state index contributed by atoms with van der Waals surface area (Å²) in [6.45, 7) is 0. The number of nitrogens with one attached hydrogen (secondary N) is 1. The zero-order valence-electron chi connectivity index (χ0n) is 15.6. The van der Waals surface area contributed by atoms with Gasteiger partial charge in [0.05, 0.1) is 11.5 Å². The number of hydrogen-bond acceptors (Lipinski definition) is 6. The van der Waals surface area contributed by atoms with Gasteiger partial charge in [0.2, 0.25) is 17.6 Å². The van der Waals surface area contributed by atoms with Gasteiger partial charge in [0.15, 0.2) is 0 Å². The maximum absolute atomic E-state index is 12.1. The molecule has 0 saturated heterocycles. The van der Waals surface area contributed by atoms with Gasteiger partial charge in [-0.05, 0) is 24.3 Å². The van der Waals surface area contributed by atoms with Crippen molar-refractivity contribution in [3.8, 4) is 11.4 Å². The lowest BCUT2D eigenvalue weighted by atomic mass is 10.2. The Hall–Kier alpha value is -3.13. The van der Waals surface area contributed by atoms with Crippen molar-refractivity contribution in [2.24, 2.45) is 0 Å². The van der Waals surface area contributed by atoms with Crippen molar-refractivity contribution in [3.05, 3.63) is 66.1 Å². The van der Waals surface area contributed by atoms with E-state index in [1.165, 1.54) is 16.7 Å². The van der Waals surface area contributed by atoms with Crippen LogP contribution in [0.15, 0.2) is 59.1 Å². The van der Waals surface area contributed by atoms with Gasteiger partial charge in [0.1, 0.15) is 0 Å². The van der Waals surface area contributed by atoms with Crippen molar-refractivity contribution in [3.63, 3.8) is 0 Å². The highest BCUT2D eigenvalue weighted by Crippen LogP contribution is 2.18. The van der Waals surface area contributed by atoms with Crippen molar-refractivity contribution in [1.29, 1.82) is 0 Å². The first-order chi connectivity index (χ1) is 13.5. The van der Waals surface area contributed by atoms with Gasteiger partial charge < -0.3 is 14.7 Å². The van der Waals surface area contributed by atoms with E-state index in [9.17, 15) is 9.59 Å². The Morgan fingerprint density at radius 2 is 1.79 bits per heavy atom. The van der Waals surface area contributed by atoms with Crippen LogP contribution in [0.25, 0.3) is 11.4 Å². The van der Waals surface area contributed by atoms with Crippen LogP contribution in [0.2, 0.25) is 0 Å². The number of nitrogens with zero attached hydrogens (tertiary/aromatic N) is 3. The molecule has 3 rings (SSSR count). The highest BCUT2D eigenvalue weighted by molar-refractivity contribution is 7.99. The van der Waals surface area contributed by atoms with Crippen LogP contribution >= 0.6 is 11.8 Å². The van der Waals surface area contributed by atoms with Gasteiger partial charge in [-0.25, -0.2) is 0 Å². The zero-order valence-corrected chi connectivity index (χ0v) is 16.4. The number of aromatic nitrogens is 2. The fourth-order valence-corrected chi connectivity index (χ4v) is 3.05. The lowest BCUT2D eigenvalue weighted by Crippen LogP contribution is -2.21. The van der Waals surface area contributed by atoms with Gasteiger partial charge in [0, 0.05) is 30.9 Å². The first-order valence-electron chi connectivity index (χ1n) is 8.60. The van der Waals surface area contributed by atoms with E-state index in [4.69, 9.17) is 4.52 Å². The maximum atomic E-state index is 12.1. The SMILES string of the molecule is CN(C)C(=O)c1ccc(NC(=O)CSCc2nc(-c3ccccc3)no2)cc1. The summed E-state index contributed by atoms with van der Waals surface area (Å²) in [6.07, 6.45) is 0. The molecule has 8 heteroatoms. The molecular weight excluding hydrogens is 376 g/mol. The second kappa shape index (κ2) is 9.18. The molecule has 0 aliphatic rings. The Morgan fingerprint density at radius 3 is 2.46 bits per heavy atom. The summed E-state index contributed by atoms with van der Waals surface area (Å²) in [7, 11) is 3.39. The molecule has 1 aromatic heterocycles. The zero-order chi connectivity index (χ0) is 19.9. The first kappa shape index (κ1) is 19.6. The molecule has 1 N–H and O–H groups in total. The Balaban J connectivity index is 1.46. The van der Waals surface area contributed by atoms with Crippen LogP contribution in [0.5, 0.6) is 0 Å². The van der Waals surface area contributed by atoms with Crippen LogP contribution < -0.4 is 5.32 Å². The Labute approximate surface area is 167 Å². The van der Waals surface area contributed by atoms with E-state index >= 15 is 0 Å². The average Bonchev–Trinajstić information content (AvgIpc) is 3.17. The lowest BCUT2D eigenvalue weighted by Gasteiger charge is -2.10. The van der Waals surface area contributed by atoms with E-state index in [1.54, 1.807) is 38.4 Å². The summed E-state index contributed by atoms with van der Waals surface area (Å²) in [5.74, 6) is 1.49. The van der Waals surface area contributed by atoms with E-state index < -0.39 is 0 Å². The molecule has 0 aliphatic carbocycles. The van der Waals surface area contributed by atoms with Crippen LogP contribution in [0.1, 0.15) is 16.2 Å². The number of anilines is 1. The molecular formula is C20H20N4O3S. The van der Waals surface area contributed by atoms with E-state index in [-0.39, 0.29) is 17.6 Å². The van der Waals surface area contributed by atoms with Crippen LogP contribution in [0.4, 0.5) is 5.69 Å². The third kappa shape index (κ3) is 5.20. The monoisotopic (exact) mass is 396 g/mol. The van der Waals surface area contributed by atoms with Gasteiger partial charge in [-0.15, -0.1) is 11.8 Å². The molecule has 0 aliphatic heterocycles. The third-order valence-electron chi connectivity index (χ3n) is 3.78. The second-order valence-corrected chi connectivity index (χ2v) is 7.18. The summed E-state index contributed by atoms with van der Waals surface area (Å²) in [4.78, 5) is 29.8. The summed E-state index contributed by atoms with van der Waals surface area (Å²) in [5.41, 5.74) is 2.10. The normalized spacial score (nSPS) is 10.5. The van der Waals surface area contributed by atoms with Gasteiger partial charge in [-0.3, -0.25) is 9.59 Å². The fraction of sp³-hybridized carbons (Fsp3) is 0.200. The number of carbonyl (C=O) groups is 2. The quantitative estimate of drug-likeness (QED) is 0.659. The van der Waals surface area contributed by atoms with Crippen molar-refractivity contribution in [2.45, 2.75) is 5.75 Å². The Bertz CT molecular complexity index is 940. The molecule has 0 unspecified atom stereocenters. The molecule has 0 fully saturated rings. The van der Waals surface area contributed by atoms with Gasteiger partial charge >= 0.3 is 0 Å². The Kier molecular flexibility index (Phi) is 6.44. The van der Waals surface area contributed by atoms with Crippen molar-refractivity contribution in [2.75, 3.05) is 25.2 Å². The fourth-order valence-electron chi connectivity index (χ4n) is 2.40. The minimum absolute atomic E-state index is 0.0807. The topological polar surface area (TPSA) is 88.3 Å². The second-order valence-electron chi connectivity index (χ2n) is 6.20. The molecule has 0 saturated carbocycles. The maximum Gasteiger partial charge on any atom is 0.253 e. The molecule has 2 amide bonds. The third-order valence-corrected chi connectivity index (χ3v) is 4.70. The molecule has 0 atom stereocenters. The number of carbonyl (C=O) groups excluding carboxylic acids is 2. The highest BCUT2D eigenvalue weighted by Gasteiger charge is 2.11. The molecule has 1 heterocycles. The van der Waals surface area contributed by atoms with Gasteiger partial charge in [-0.1, -0.05) is 35.5 Å². The average molecular weight is 396 g/mol. The first-order valence-corrected chi connectivity index (χ1v) is 9.76. The van der Waals surface area contributed by atoms with Crippen LogP contribution in [-0.4, -0.2) is 46.7 Å². The molecule has 144 valence electrons.